The summed E-state index contributed by atoms with van der Waals surface area (Å²) < 4.78 is 27.7. The molecule has 1 aliphatic heterocycles. The van der Waals surface area contributed by atoms with Crippen molar-refractivity contribution >= 4 is 17.5 Å². The van der Waals surface area contributed by atoms with Gasteiger partial charge < -0.3 is 9.80 Å². The zero-order chi connectivity index (χ0) is 17.3. The summed E-state index contributed by atoms with van der Waals surface area (Å²) >= 11 is 0. The summed E-state index contributed by atoms with van der Waals surface area (Å²) in [7, 11) is 0. The van der Waals surface area contributed by atoms with Crippen LogP contribution in [0.15, 0.2) is 48.5 Å². The first kappa shape index (κ1) is 16.1. The monoisotopic (exact) mass is 330 g/mol. The van der Waals surface area contributed by atoms with Crippen LogP contribution in [0.1, 0.15) is 17.3 Å². The quantitative estimate of drug-likeness (QED) is 0.849. The summed E-state index contributed by atoms with van der Waals surface area (Å²) in [6.07, 6.45) is 0. The summed E-state index contributed by atoms with van der Waals surface area (Å²) in [4.78, 5) is 27.8. The van der Waals surface area contributed by atoms with Gasteiger partial charge in [-0.3, -0.25) is 9.59 Å². The predicted molar refractivity (Wildman–Crippen MR) is 85.7 cm³/mol. The van der Waals surface area contributed by atoms with Crippen LogP contribution >= 0.6 is 0 Å². The first-order chi connectivity index (χ1) is 11.5. The van der Waals surface area contributed by atoms with Gasteiger partial charge in [0.15, 0.2) is 0 Å². The molecule has 1 aliphatic rings. The second-order valence-corrected chi connectivity index (χ2v) is 5.60. The lowest BCUT2D eigenvalue weighted by Gasteiger charge is -2.39. The molecule has 3 rings (SSSR count). The van der Waals surface area contributed by atoms with Crippen LogP contribution in [-0.2, 0) is 4.79 Å². The molecule has 1 unspecified atom stereocenters. The summed E-state index contributed by atoms with van der Waals surface area (Å²) in [6, 6.07) is 10.9. The molecule has 1 atom stereocenters. The maximum absolute atomic E-state index is 13.9. The second-order valence-electron chi connectivity index (χ2n) is 5.60. The van der Waals surface area contributed by atoms with E-state index in [-0.39, 0.29) is 24.3 Å². The number of para-hydroxylation sites is 1. The van der Waals surface area contributed by atoms with E-state index in [9.17, 15) is 18.4 Å². The highest BCUT2D eigenvalue weighted by Gasteiger charge is 2.36. The Morgan fingerprint density at radius 1 is 1.00 bits per heavy atom. The molecule has 4 nitrogen and oxygen atoms in total. The van der Waals surface area contributed by atoms with E-state index >= 15 is 0 Å². The number of benzene rings is 2. The third kappa shape index (κ3) is 2.75. The van der Waals surface area contributed by atoms with Crippen LogP contribution in [-0.4, -0.2) is 35.8 Å². The Hall–Kier alpha value is -2.76. The van der Waals surface area contributed by atoms with Crippen molar-refractivity contribution in [3.63, 3.8) is 0 Å². The molecule has 0 saturated carbocycles. The molecule has 0 N–H and O–H groups in total. The molecule has 2 aromatic rings. The van der Waals surface area contributed by atoms with Crippen LogP contribution in [0.2, 0.25) is 0 Å². The molecule has 1 heterocycles. The Labute approximate surface area is 138 Å². The van der Waals surface area contributed by atoms with Gasteiger partial charge in [-0.15, -0.1) is 0 Å². The largest absolute Gasteiger partial charge is 0.325 e. The molecule has 0 aliphatic carbocycles. The van der Waals surface area contributed by atoms with Crippen molar-refractivity contribution < 1.29 is 18.4 Å². The highest BCUT2D eigenvalue weighted by atomic mass is 19.1. The number of hydrogen-bond donors (Lipinski definition) is 0. The lowest BCUT2D eigenvalue weighted by molar-refractivity contribution is -0.124. The first-order valence-electron chi connectivity index (χ1n) is 7.62. The maximum atomic E-state index is 13.9. The second kappa shape index (κ2) is 6.39. The standard InChI is InChI=1S/C18H16F2N2O2/c1-12-17(23)22(16-9-5-4-8-15(16)20)11-10-21(12)18(24)13-6-2-3-7-14(13)19/h2-9,12H,10-11H2,1H3. The minimum Gasteiger partial charge on any atom is -0.325 e. The summed E-state index contributed by atoms with van der Waals surface area (Å²) in [5.74, 6) is -2.05. The van der Waals surface area contributed by atoms with Crippen molar-refractivity contribution in [2.75, 3.05) is 18.0 Å². The number of nitrogens with zero attached hydrogens (tertiary/aromatic N) is 2. The fourth-order valence-electron chi connectivity index (χ4n) is 2.85. The van der Waals surface area contributed by atoms with Gasteiger partial charge in [-0.2, -0.15) is 0 Å². The van der Waals surface area contributed by atoms with Gasteiger partial charge in [0.2, 0.25) is 5.91 Å². The molecule has 124 valence electrons. The molecule has 1 fully saturated rings. The Bertz CT molecular complexity index is 794. The number of carbonyl (C=O) groups excluding carboxylic acids is 2. The van der Waals surface area contributed by atoms with E-state index in [2.05, 4.69) is 0 Å². The molecule has 6 heteroatoms. The highest BCUT2D eigenvalue weighted by molar-refractivity contribution is 6.03. The van der Waals surface area contributed by atoms with Gasteiger partial charge in [0.05, 0.1) is 11.3 Å². The molecular formula is C18H16F2N2O2. The van der Waals surface area contributed by atoms with Crippen LogP contribution in [0, 0.1) is 11.6 Å². The molecule has 0 aromatic heterocycles. The smallest absolute Gasteiger partial charge is 0.257 e. The van der Waals surface area contributed by atoms with E-state index < -0.39 is 29.5 Å². The van der Waals surface area contributed by atoms with Crippen LogP contribution in [0.4, 0.5) is 14.5 Å². The summed E-state index contributed by atoms with van der Waals surface area (Å²) in [6.45, 7) is 1.92. The average Bonchev–Trinajstić information content (AvgIpc) is 2.58. The van der Waals surface area contributed by atoms with Crippen LogP contribution in [0.3, 0.4) is 0 Å². The number of anilines is 1. The van der Waals surface area contributed by atoms with Gasteiger partial charge in [-0.05, 0) is 31.2 Å². The van der Waals surface area contributed by atoms with E-state index in [1.807, 2.05) is 0 Å². The van der Waals surface area contributed by atoms with Gasteiger partial charge >= 0.3 is 0 Å². The number of amides is 2. The summed E-state index contributed by atoms with van der Waals surface area (Å²) in [5, 5.41) is 0. The van der Waals surface area contributed by atoms with Crippen molar-refractivity contribution in [2.45, 2.75) is 13.0 Å². The Balaban J connectivity index is 1.84. The molecule has 0 bridgehead atoms. The molecule has 2 aromatic carbocycles. The molecule has 0 radical (unpaired) electrons. The van der Waals surface area contributed by atoms with E-state index in [1.165, 1.54) is 40.1 Å². The Morgan fingerprint density at radius 2 is 1.62 bits per heavy atom. The predicted octanol–water partition coefficient (Wildman–Crippen LogP) is 2.84. The molecule has 24 heavy (non-hydrogen) atoms. The third-order valence-corrected chi connectivity index (χ3v) is 4.16. The van der Waals surface area contributed by atoms with Crippen molar-refractivity contribution in [1.82, 2.24) is 4.90 Å². The molecule has 2 amide bonds. The zero-order valence-electron chi connectivity index (χ0n) is 13.1. The van der Waals surface area contributed by atoms with Crippen molar-refractivity contribution in [1.29, 1.82) is 0 Å². The number of halogens is 2. The molecular weight excluding hydrogens is 314 g/mol. The van der Waals surface area contributed by atoms with E-state index in [1.54, 1.807) is 25.1 Å². The fraction of sp³-hybridized carbons (Fsp3) is 0.222. The number of hydrogen-bond acceptors (Lipinski definition) is 2. The lowest BCUT2D eigenvalue weighted by Crippen LogP contribution is -2.58. The van der Waals surface area contributed by atoms with E-state index in [0.717, 1.165) is 0 Å². The van der Waals surface area contributed by atoms with Gasteiger partial charge in [-0.1, -0.05) is 24.3 Å². The zero-order valence-corrected chi connectivity index (χ0v) is 13.1. The molecule has 0 spiro atoms. The van der Waals surface area contributed by atoms with Gasteiger partial charge in [0.25, 0.3) is 5.91 Å². The normalized spacial score (nSPS) is 18.0. The average molecular weight is 330 g/mol. The Morgan fingerprint density at radius 3 is 2.29 bits per heavy atom. The summed E-state index contributed by atoms with van der Waals surface area (Å²) in [5.41, 5.74) is 0.115. The van der Waals surface area contributed by atoms with E-state index in [4.69, 9.17) is 0 Å². The topological polar surface area (TPSA) is 40.6 Å². The van der Waals surface area contributed by atoms with Gasteiger partial charge in [0.1, 0.15) is 17.7 Å². The van der Waals surface area contributed by atoms with E-state index in [0.29, 0.717) is 0 Å². The highest BCUT2D eigenvalue weighted by Crippen LogP contribution is 2.24. The number of rotatable bonds is 2. The van der Waals surface area contributed by atoms with Crippen LogP contribution in [0.5, 0.6) is 0 Å². The first-order valence-corrected chi connectivity index (χ1v) is 7.62. The third-order valence-electron chi connectivity index (χ3n) is 4.16. The maximum Gasteiger partial charge on any atom is 0.257 e. The minimum atomic E-state index is -0.800. The fourth-order valence-corrected chi connectivity index (χ4v) is 2.85. The SMILES string of the molecule is CC1C(=O)N(c2ccccc2F)CCN1C(=O)c1ccccc1F. The molecule has 1 saturated heterocycles. The van der Waals surface area contributed by atoms with Crippen molar-refractivity contribution in [2.24, 2.45) is 0 Å². The Kier molecular flexibility index (Phi) is 4.29. The van der Waals surface area contributed by atoms with Gasteiger partial charge in [0, 0.05) is 13.1 Å². The van der Waals surface area contributed by atoms with Gasteiger partial charge in [-0.25, -0.2) is 8.78 Å². The van der Waals surface area contributed by atoms with Crippen molar-refractivity contribution in [3.05, 3.63) is 65.7 Å². The lowest BCUT2D eigenvalue weighted by atomic mass is 10.1. The number of carbonyl (C=O) groups is 2. The van der Waals surface area contributed by atoms with Crippen molar-refractivity contribution in [3.8, 4) is 0 Å². The van der Waals surface area contributed by atoms with Crippen LogP contribution in [0.25, 0.3) is 0 Å². The van der Waals surface area contributed by atoms with Crippen LogP contribution < -0.4 is 4.90 Å². The minimum absolute atomic E-state index is 0.0727. The number of piperazine rings is 1.